The van der Waals surface area contributed by atoms with Gasteiger partial charge in [-0.05, 0) is 57.5 Å². The van der Waals surface area contributed by atoms with Crippen molar-refractivity contribution in [1.82, 2.24) is 10.6 Å². The molecule has 6 heteroatoms. The van der Waals surface area contributed by atoms with Crippen molar-refractivity contribution in [3.05, 3.63) is 21.9 Å². The van der Waals surface area contributed by atoms with E-state index in [4.69, 9.17) is 9.47 Å². The van der Waals surface area contributed by atoms with Gasteiger partial charge in [0.2, 0.25) is 0 Å². The smallest absolute Gasteiger partial charge is 0.407 e. The average Bonchev–Trinajstić information content (AvgIpc) is 2.84. The molecule has 0 saturated heterocycles. The molecular formula is C17H30N2O3S. The zero-order valence-electron chi connectivity index (χ0n) is 14.9. The van der Waals surface area contributed by atoms with Gasteiger partial charge in [0.1, 0.15) is 5.60 Å². The number of hydrogen-bond acceptors (Lipinski definition) is 5. The van der Waals surface area contributed by atoms with Gasteiger partial charge in [-0.1, -0.05) is 0 Å². The number of aryl methyl sites for hydroxylation is 1. The highest BCUT2D eigenvalue weighted by molar-refractivity contribution is 7.10. The van der Waals surface area contributed by atoms with Gasteiger partial charge in [-0.2, -0.15) is 0 Å². The van der Waals surface area contributed by atoms with E-state index in [1.54, 1.807) is 18.4 Å². The monoisotopic (exact) mass is 342 g/mol. The number of rotatable bonds is 9. The van der Waals surface area contributed by atoms with Crippen molar-refractivity contribution in [2.45, 2.75) is 58.7 Å². The van der Waals surface area contributed by atoms with Crippen LogP contribution in [0.15, 0.2) is 11.4 Å². The Morgan fingerprint density at radius 2 is 2.13 bits per heavy atom. The van der Waals surface area contributed by atoms with Crippen molar-refractivity contribution in [1.29, 1.82) is 0 Å². The van der Waals surface area contributed by atoms with Crippen LogP contribution in [0.2, 0.25) is 0 Å². The first-order valence-corrected chi connectivity index (χ1v) is 8.92. The Kier molecular flexibility index (Phi) is 8.58. The topological polar surface area (TPSA) is 59.6 Å². The molecule has 0 aliphatic heterocycles. The first kappa shape index (κ1) is 19.9. The molecule has 0 aromatic carbocycles. The van der Waals surface area contributed by atoms with Crippen LogP contribution < -0.4 is 10.6 Å². The molecule has 0 spiro atoms. The number of amides is 1. The van der Waals surface area contributed by atoms with Gasteiger partial charge < -0.3 is 20.1 Å². The largest absolute Gasteiger partial charge is 0.444 e. The van der Waals surface area contributed by atoms with E-state index in [0.717, 1.165) is 19.4 Å². The van der Waals surface area contributed by atoms with E-state index in [0.29, 0.717) is 13.2 Å². The lowest BCUT2D eigenvalue weighted by Gasteiger charge is -2.20. The third kappa shape index (κ3) is 8.93. The van der Waals surface area contributed by atoms with Crippen LogP contribution in [0.25, 0.3) is 0 Å². The summed E-state index contributed by atoms with van der Waals surface area (Å²) in [4.78, 5) is 12.9. The van der Waals surface area contributed by atoms with Gasteiger partial charge in [-0.3, -0.25) is 0 Å². The SMILES string of the molecule is COCC(CCCNC(=O)OC(C)(C)C)NCc1sccc1C. The lowest BCUT2D eigenvalue weighted by Crippen LogP contribution is -2.35. The molecule has 1 unspecified atom stereocenters. The lowest BCUT2D eigenvalue weighted by molar-refractivity contribution is 0.0526. The third-order valence-electron chi connectivity index (χ3n) is 3.28. The fourth-order valence-electron chi connectivity index (χ4n) is 2.12. The van der Waals surface area contributed by atoms with Crippen molar-refractivity contribution < 1.29 is 14.3 Å². The Labute approximate surface area is 143 Å². The summed E-state index contributed by atoms with van der Waals surface area (Å²) in [5.41, 5.74) is 0.869. The first-order valence-electron chi connectivity index (χ1n) is 8.04. The predicted octanol–water partition coefficient (Wildman–Crippen LogP) is 3.47. The van der Waals surface area contributed by atoms with E-state index in [9.17, 15) is 4.79 Å². The Morgan fingerprint density at radius 1 is 1.39 bits per heavy atom. The van der Waals surface area contributed by atoms with E-state index in [-0.39, 0.29) is 12.1 Å². The minimum absolute atomic E-state index is 0.280. The molecule has 132 valence electrons. The molecule has 0 saturated carbocycles. The molecule has 0 fully saturated rings. The number of ether oxygens (including phenoxy) is 2. The molecule has 1 aromatic heterocycles. The van der Waals surface area contributed by atoms with Crippen LogP contribution in [-0.2, 0) is 16.0 Å². The summed E-state index contributed by atoms with van der Waals surface area (Å²) in [6, 6.07) is 2.42. The highest BCUT2D eigenvalue weighted by Crippen LogP contribution is 2.15. The summed E-state index contributed by atoms with van der Waals surface area (Å²) >= 11 is 1.77. The van der Waals surface area contributed by atoms with Crippen LogP contribution in [0, 0.1) is 6.92 Å². The number of thiophene rings is 1. The summed E-state index contributed by atoms with van der Waals surface area (Å²) in [7, 11) is 1.71. The first-order chi connectivity index (χ1) is 10.8. The van der Waals surface area contributed by atoms with Crippen LogP contribution in [0.1, 0.15) is 44.1 Å². The van der Waals surface area contributed by atoms with Gasteiger partial charge in [-0.15, -0.1) is 11.3 Å². The molecule has 23 heavy (non-hydrogen) atoms. The zero-order valence-corrected chi connectivity index (χ0v) is 15.7. The van der Waals surface area contributed by atoms with Crippen LogP contribution >= 0.6 is 11.3 Å². The Bertz CT molecular complexity index is 469. The maximum Gasteiger partial charge on any atom is 0.407 e. The number of hydrogen-bond donors (Lipinski definition) is 2. The van der Waals surface area contributed by atoms with E-state index in [2.05, 4.69) is 29.0 Å². The summed E-state index contributed by atoms with van der Waals surface area (Å²) in [5.74, 6) is 0. The predicted molar refractivity (Wildman–Crippen MR) is 95.0 cm³/mol. The molecule has 1 aromatic rings. The van der Waals surface area contributed by atoms with Crippen LogP contribution in [0.5, 0.6) is 0 Å². The van der Waals surface area contributed by atoms with Gasteiger partial charge >= 0.3 is 6.09 Å². The molecule has 0 aliphatic rings. The molecule has 0 aliphatic carbocycles. The van der Waals surface area contributed by atoms with E-state index >= 15 is 0 Å². The number of alkyl carbamates (subject to hydrolysis) is 1. The molecule has 2 N–H and O–H groups in total. The van der Waals surface area contributed by atoms with Crippen LogP contribution in [0.3, 0.4) is 0 Å². The van der Waals surface area contributed by atoms with Crippen molar-refractivity contribution in [3.63, 3.8) is 0 Å². The van der Waals surface area contributed by atoms with E-state index in [1.807, 2.05) is 20.8 Å². The molecule has 1 heterocycles. The zero-order chi connectivity index (χ0) is 17.3. The van der Waals surface area contributed by atoms with Crippen molar-refractivity contribution >= 4 is 17.4 Å². The van der Waals surface area contributed by atoms with Gasteiger partial charge in [0.25, 0.3) is 0 Å². The normalized spacial score (nSPS) is 12.9. The Hall–Kier alpha value is -1.11. The number of carbonyl (C=O) groups excluding carboxylic acids is 1. The van der Waals surface area contributed by atoms with Gasteiger partial charge in [0.15, 0.2) is 0 Å². The molecular weight excluding hydrogens is 312 g/mol. The lowest BCUT2D eigenvalue weighted by atomic mass is 10.1. The van der Waals surface area contributed by atoms with Gasteiger partial charge in [0.05, 0.1) is 6.61 Å². The minimum Gasteiger partial charge on any atom is -0.444 e. The molecule has 5 nitrogen and oxygen atoms in total. The molecule has 1 rings (SSSR count). The minimum atomic E-state index is -0.456. The Morgan fingerprint density at radius 3 is 2.70 bits per heavy atom. The highest BCUT2D eigenvalue weighted by Gasteiger charge is 2.16. The quantitative estimate of drug-likeness (QED) is 0.675. The fourth-order valence-corrected chi connectivity index (χ4v) is 2.98. The van der Waals surface area contributed by atoms with Crippen molar-refractivity contribution in [2.75, 3.05) is 20.3 Å². The van der Waals surface area contributed by atoms with Crippen LogP contribution in [0.4, 0.5) is 4.79 Å². The number of methoxy groups -OCH3 is 1. The molecule has 0 radical (unpaired) electrons. The maximum atomic E-state index is 11.6. The van der Waals surface area contributed by atoms with Gasteiger partial charge in [0, 0.05) is 31.1 Å². The third-order valence-corrected chi connectivity index (χ3v) is 4.31. The average molecular weight is 343 g/mol. The van der Waals surface area contributed by atoms with E-state index < -0.39 is 5.60 Å². The second-order valence-electron chi connectivity index (χ2n) is 6.63. The van der Waals surface area contributed by atoms with Crippen LogP contribution in [-0.4, -0.2) is 38.0 Å². The number of nitrogens with one attached hydrogen (secondary N) is 2. The molecule has 1 amide bonds. The second-order valence-corrected chi connectivity index (χ2v) is 7.63. The summed E-state index contributed by atoms with van der Waals surface area (Å²) < 4.78 is 10.5. The maximum absolute atomic E-state index is 11.6. The standard InChI is InChI=1S/C17H30N2O3S/c1-13-8-10-23-15(13)11-19-14(12-21-5)7-6-9-18-16(20)22-17(2,3)4/h8,10,14,19H,6-7,9,11-12H2,1-5H3,(H,18,20). The fraction of sp³-hybridized carbons (Fsp3) is 0.706. The van der Waals surface area contributed by atoms with Crippen molar-refractivity contribution in [3.8, 4) is 0 Å². The molecule has 1 atom stereocenters. The van der Waals surface area contributed by atoms with Gasteiger partial charge in [-0.25, -0.2) is 4.79 Å². The summed E-state index contributed by atoms with van der Waals surface area (Å²) in [6.45, 7) is 9.83. The second kappa shape index (κ2) is 9.90. The van der Waals surface area contributed by atoms with E-state index in [1.165, 1.54) is 10.4 Å². The molecule has 0 bridgehead atoms. The summed E-state index contributed by atoms with van der Waals surface area (Å²) in [5, 5.41) is 8.43. The highest BCUT2D eigenvalue weighted by atomic mass is 32.1. The summed E-state index contributed by atoms with van der Waals surface area (Å²) in [6.07, 6.45) is 1.46. The van der Waals surface area contributed by atoms with Crippen molar-refractivity contribution in [2.24, 2.45) is 0 Å². The Balaban J connectivity index is 2.25. The number of carbonyl (C=O) groups is 1.